The molecule has 0 spiro atoms. The van der Waals surface area contributed by atoms with Crippen LogP contribution in [-0.2, 0) is 4.74 Å². The largest absolute Gasteiger partial charge is 0.444 e. The van der Waals surface area contributed by atoms with E-state index in [4.69, 9.17) is 4.74 Å². The average Bonchev–Trinajstić information content (AvgIpc) is 2.47. The minimum atomic E-state index is -0.407. The normalized spacial score (nSPS) is 25.9. The van der Waals surface area contributed by atoms with Crippen LogP contribution < -0.4 is 5.32 Å². The average molecular weight is 227 g/mol. The Morgan fingerprint density at radius 1 is 1.31 bits per heavy atom. The van der Waals surface area contributed by atoms with Crippen LogP contribution in [0.15, 0.2) is 0 Å². The Hall–Kier alpha value is -0.730. The van der Waals surface area contributed by atoms with Crippen LogP contribution in [0.4, 0.5) is 4.79 Å². The summed E-state index contributed by atoms with van der Waals surface area (Å²) in [6, 6.07) is 0.301. The molecule has 1 rings (SSSR count). The van der Waals surface area contributed by atoms with E-state index in [0.717, 1.165) is 6.42 Å². The van der Waals surface area contributed by atoms with Crippen LogP contribution in [0.1, 0.15) is 53.9 Å². The molecule has 0 aromatic rings. The van der Waals surface area contributed by atoms with Gasteiger partial charge in [-0.25, -0.2) is 4.79 Å². The van der Waals surface area contributed by atoms with Gasteiger partial charge in [-0.05, 0) is 45.4 Å². The quantitative estimate of drug-likeness (QED) is 0.785. The molecule has 1 aliphatic carbocycles. The first-order valence-electron chi connectivity index (χ1n) is 6.29. The number of rotatable bonds is 2. The maximum atomic E-state index is 11.6. The Labute approximate surface area is 98.9 Å². The first kappa shape index (κ1) is 13.3. The van der Waals surface area contributed by atoms with Gasteiger partial charge in [0.15, 0.2) is 0 Å². The zero-order valence-electron chi connectivity index (χ0n) is 11.2. The van der Waals surface area contributed by atoms with Crippen molar-refractivity contribution in [2.75, 3.05) is 0 Å². The molecule has 0 aromatic carbocycles. The van der Waals surface area contributed by atoms with Crippen molar-refractivity contribution in [2.24, 2.45) is 11.8 Å². The smallest absolute Gasteiger partial charge is 0.407 e. The van der Waals surface area contributed by atoms with Crippen molar-refractivity contribution in [1.82, 2.24) is 5.32 Å². The van der Waals surface area contributed by atoms with Crippen molar-refractivity contribution in [3.8, 4) is 0 Å². The van der Waals surface area contributed by atoms with Gasteiger partial charge in [0.1, 0.15) is 5.60 Å². The zero-order valence-corrected chi connectivity index (χ0v) is 11.2. The van der Waals surface area contributed by atoms with Crippen LogP contribution >= 0.6 is 0 Å². The third kappa shape index (κ3) is 4.03. The Bertz CT molecular complexity index is 243. The third-order valence-electron chi connectivity index (χ3n) is 3.13. The van der Waals surface area contributed by atoms with Gasteiger partial charge >= 0.3 is 6.09 Å². The van der Waals surface area contributed by atoms with Crippen LogP contribution in [0.25, 0.3) is 0 Å². The topological polar surface area (TPSA) is 38.3 Å². The lowest BCUT2D eigenvalue weighted by Gasteiger charge is -2.26. The standard InChI is InChI=1S/C13H25NO2/c1-9(2)10-7-6-8-11(10)14-12(15)16-13(3,4)5/h9-11H,6-8H2,1-5H3,(H,14,15). The lowest BCUT2D eigenvalue weighted by molar-refractivity contribution is 0.0486. The molecule has 16 heavy (non-hydrogen) atoms. The SMILES string of the molecule is CC(C)C1CCCC1NC(=O)OC(C)(C)C. The molecule has 2 unspecified atom stereocenters. The van der Waals surface area contributed by atoms with E-state index in [-0.39, 0.29) is 6.09 Å². The summed E-state index contributed by atoms with van der Waals surface area (Å²) < 4.78 is 5.28. The van der Waals surface area contributed by atoms with Crippen LogP contribution in [-0.4, -0.2) is 17.7 Å². The molecule has 1 amide bonds. The highest BCUT2D eigenvalue weighted by Gasteiger charge is 2.31. The summed E-state index contributed by atoms with van der Waals surface area (Å²) in [7, 11) is 0. The molecule has 0 aromatic heterocycles. The number of nitrogens with one attached hydrogen (secondary N) is 1. The number of amides is 1. The molecule has 0 radical (unpaired) electrons. The number of hydrogen-bond acceptors (Lipinski definition) is 2. The third-order valence-corrected chi connectivity index (χ3v) is 3.13. The fourth-order valence-corrected chi connectivity index (χ4v) is 2.42. The van der Waals surface area contributed by atoms with Crippen LogP contribution in [0.2, 0.25) is 0 Å². The van der Waals surface area contributed by atoms with Crippen molar-refractivity contribution in [3.63, 3.8) is 0 Å². The molecular formula is C13H25NO2. The predicted molar refractivity (Wildman–Crippen MR) is 65.3 cm³/mol. The summed E-state index contributed by atoms with van der Waals surface area (Å²) in [6.07, 6.45) is 3.24. The van der Waals surface area contributed by atoms with Gasteiger partial charge in [-0.3, -0.25) is 0 Å². The predicted octanol–water partition coefficient (Wildman–Crippen LogP) is 3.34. The van der Waals surface area contributed by atoms with Gasteiger partial charge in [0.05, 0.1) is 0 Å². The number of carbonyl (C=O) groups excluding carboxylic acids is 1. The van der Waals surface area contributed by atoms with Crippen molar-refractivity contribution in [2.45, 2.75) is 65.5 Å². The maximum absolute atomic E-state index is 11.6. The van der Waals surface area contributed by atoms with Gasteiger partial charge < -0.3 is 10.1 Å². The molecule has 2 atom stereocenters. The minimum absolute atomic E-state index is 0.273. The number of ether oxygens (including phenoxy) is 1. The van der Waals surface area contributed by atoms with E-state index in [2.05, 4.69) is 19.2 Å². The van der Waals surface area contributed by atoms with Crippen LogP contribution in [0, 0.1) is 11.8 Å². The Morgan fingerprint density at radius 2 is 1.94 bits per heavy atom. The van der Waals surface area contributed by atoms with Crippen LogP contribution in [0.3, 0.4) is 0 Å². The molecule has 0 aliphatic heterocycles. The molecular weight excluding hydrogens is 202 g/mol. The molecule has 3 heteroatoms. The molecule has 0 saturated heterocycles. The monoisotopic (exact) mass is 227 g/mol. The number of hydrogen-bond donors (Lipinski definition) is 1. The summed E-state index contributed by atoms with van der Waals surface area (Å²) in [5, 5.41) is 3.01. The highest BCUT2D eigenvalue weighted by atomic mass is 16.6. The molecule has 1 fully saturated rings. The molecule has 94 valence electrons. The van der Waals surface area contributed by atoms with Gasteiger partial charge in [-0.1, -0.05) is 20.3 Å². The van der Waals surface area contributed by atoms with E-state index >= 15 is 0 Å². The summed E-state index contributed by atoms with van der Waals surface area (Å²) in [4.78, 5) is 11.6. The number of alkyl carbamates (subject to hydrolysis) is 1. The second kappa shape index (κ2) is 5.07. The fourth-order valence-electron chi connectivity index (χ4n) is 2.42. The lowest BCUT2D eigenvalue weighted by atomic mass is 9.91. The second-order valence-corrected chi connectivity index (χ2v) is 6.09. The van der Waals surface area contributed by atoms with Crippen molar-refractivity contribution in [1.29, 1.82) is 0 Å². The van der Waals surface area contributed by atoms with Gasteiger partial charge in [-0.15, -0.1) is 0 Å². The van der Waals surface area contributed by atoms with Gasteiger partial charge in [-0.2, -0.15) is 0 Å². The zero-order chi connectivity index (χ0) is 12.3. The molecule has 1 saturated carbocycles. The summed E-state index contributed by atoms with van der Waals surface area (Å²) >= 11 is 0. The molecule has 0 bridgehead atoms. The van der Waals surface area contributed by atoms with E-state index in [1.807, 2.05) is 20.8 Å². The second-order valence-electron chi connectivity index (χ2n) is 6.09. The molecule has 1 N–H and O–H groups in total. The van der Waals surface area contributed by atoms with Crippen LogP contribution in [0.5, 0.6) is 0 Å². The summed E-state index contributed by atoms with van der Waals surface area (Å²) in [6.45, 7) is 10.1. The Kier molecular flexibility index (Phi) is 4.22. The molecule has 0 heterocycles. The van der Waals surface area contributed by atoms with E-state index < -0.39 is 5.60 Å². The number of carbonyl (C=O) groups is 1. The Balaban J connectivity index is 2.44. The van der Waals surface area contributed by atoms with Gasteiger partial charge in [0, 0.05) is 6.04 Å². The van der Waals surface area contributed by atoms with E-state index in [1.54, 1.807) is 0 Å². The lowest BCUT2D eigenvalue weighted by Crippen LogP contribution is -2.42. The van der Waals surface area contributed by atoms with E-state index in [0.29, 0.717) is 17.9 Å². The fraction of sp³-hybridized carbons (Fsp3) is 0.923. The highest BCUT2D eigenvalue weighted by molar-refractivity contribution is 5.68. The minimum Gasteiger partial charge on any atom is -0.444 e. The van der Waals surface area contributed by atoms with Crippen molar-refractivity contribution < 1.29 is 9.53 Å². The molecule has 1 aliphatic rings. The maximum Gasteiger partial charge on any atom is 0.407 e. The van der Waals surface area contributed by atoms with E-state index in [1.165, 1.54) is 12.8 Å². The summed E-state index contributed by atoms with van der Waals surface area (Å²) in [5.41, 5.74) is -0.407. The van der Waals surface area contributed by atoms with E-state index in [9.17, 15) is 4.79 Å². The Morgan fingerprint density at radius 3 is 2.44 bits per heavy atom. The van der Waals surface area contributed by atoms with Crippen molar-refractivity contribution in [3.05, 3.63) is 0 Å². The highest BCUT2D eigenvalue weighted by Crippen LogP contribution is 2.31. The first-order chi connectivity index (χ1) is 7.29. The van der Waals surface area contributed by atoms with Gasteiger partial charge in [0.2, 0.25) is 0 Å². The molecule has 3 nitrogen and oxygen atoms in total. The first-order valence-corrected chi connectivity index (χ1v) is 6.29. The van der Waals surface area contributed by atoms with Crippen molar-refractivity contribution >= 4 is 6.09 Å². The summed E-state index contributed by atoms with van der Waals surface area (Å²) in [5.74, 6) is 1.23. The van der Waals surface area contributed by atoms with Gasteiger partial charge in [0.25, 0.3) is 0 Å².